The quantitative estimate of drug-likeness (QED) is 0.235. The monoisotopic (exact) mass is 499 g/mol. The van der Waals surface area contributed by atoms with Crippen LogP contribution in [0, 0.1) is 15.9 Å². The lowest BCUT2D eigenvalue weighted by atomic mass is 9.82. The Labute approximate surface area is 190 Å². The van der Waals surface area contributed by atoms with Crippen LogP contribution >= 0.6 is 15.9 Å². The highest BCUT2D eigenvalue weighted by Gasteiger charge is 2.43. The highest BCUT2D eigenvalue weighted by molar-refractivity contribution is 9.10. The van der Waals surface area contributed by atoms with Crippen molar-refractivity contribution in [3.63, 3.8) is 0 Å². The van der Waals surface area contributed by atoms with Gasteiger partial charge in [-0.1, -0.05) is 88.8 Å². The average Bonchev–Trinajstić information content (AvgIpc) is 2.75. The summed E-state index contributed by atoms with van der Waals surface area (Å²) in [7, 11) is -2.66. The molecule has 0 amide bonds. The molecule has 0 unspecified atom stereocenters. The molecule has 0 aliphatic carbocycles. The van der Waals surface area contributed by atoms with Crippen molar-refractivity contribution in [2.24, 2.45) is 0 Å². The Kier molecular flexibility index (Phi) is 7.18. The van der Waals surface area contributed by atoms with Gasteiger partial charge in [0.1, 0.15) is 11.2 Å². The maximum Gasteiger partial charge on any atom is 0.211 e. The molecule has 0 spiro atoms. The third-order valence-electron chi connectivity index (χ3n) is 5.67. The van der Waals surface area contributed by atoms with Crippen molar-refractivity contribution in [3.8, 4) is 0 Å². The van der Waals surface area contributed by atoms with E-state index >= 15 is 0 Å². The van der Waals surface area contributed by atoms with Crippen LogP contribution in [0.15, 0.2) is 83.3 Å². The number of benzene rings is 3. The zero-order valence-electron chi connectivity index (χ0n) is 17.3. The van der Waals surface area contributed by atoms with Gasteiger partial charge in [-0.3, -0.25) is 10.1 Å². The van der Waals surface area contributed by atoms with Crippen LogP contribution in [0.3, 0.4) is 0 Å². The molecular formula is C24H23BrFNO3Si. The SMILES string of the molecule is C[Si](C)(C(=O)[C@H](c1ccc(F)cc1)[C@@H](C[N+](=O)[O-])c1ccc(Br)cc1)c1ccccc1. The maximum absolute atomic E-state index is 14.1. The third kappa shape index (κ3) is 5.35. The Hall–Kier alpha value is -2.64. The number of hydrogen-bond donors (Lipinski definition) is 0. The fourth-order valence-electron chi connectivity index (χ4n) is 3.90. The first-order valence-electron chi connectivity index (χ1n) is 9.92. The number of halogens is 2. The summed E-state index contributed by atoms with van der Waals surface area (Å²) in [6, 6.07) is 22.5. The minimum absolute atomic E-state index is 0.0138. The zero-order chi connectivity index (χ0) is 22.6. The molecule has 7 heteroatoms. The van der Waals surface area contributed by atoms with Crippen molar-refractivity contribution in [2.75, 3.05) is 6.54 Å². The van der Waals surface area contributed by atoms with Crippen molar-refractivity contribution in [1.82, 2.24) is 0 Å². The summed E-state index contributed by atoms with van der Waals surface area (Å²) in [6.07, 6.45) is 0. The van der Waals surface area contributed by atoms with E-state index in [1.807, 2.05) is 55.6 Å². The van der Waals surface area contributed by atoms with E-state index in [4.69, 9.17) is 0 Å². The normalized spacial score (nSPS) is 13.4. The van der Waals surface area contributed by atoms with E-state index in [2.05, 4.69) is 15.9 Å². The molecule has 4 nitrogen and oxygen atoms in total. The van der Waals surface area contributed by atoms with Gasteiger partial charge in [0.25, 0.3) is 0 Å². The second kappa shape index (κ2) is 9.66. The van der Waals surface area contributed by atoms with Crippen LogP contribution in [-0.2, 0) is 4.79 Å². The van der Waals surface area contributed by atoms with Gasteiger partial charge >= 0.3 is 0 Å². The maximum atomic E-state index is 14.1. The molecule has 2 atom stereocenters. The van der Waals surface area contributed by atoms with E-state index in [-0.39, 0.29) is 10.3 Å². The topological polar surface area (TPSA) is 60.2 Å². The minimum atomic E-state index is -2.66. The van der Waals surface area contributed by atoms with E-state index < -0.39 is 32.3 Å². The molecule has 31 heavy (non-hydrogen) atoms. The Morgan fingerprint density at radius 3 is 2.06 bits per heavy atom. The number of carbonyl (C=O) groups excluding carboxylic acids is 1. The van der Waals surface area contributed by atoms with Crippen molar-refractivity contribution in [2.45, 2.75) is 24.9 Å². The Balaban J connectivity index is 2.16. The molecule has 0 saturated heterocycles. The van der Waals surface area contributed by atoms with Crippen molar-refractivity contribution in [1.29, 1.82) is 0 Å². The van der Waals surface area contributed by atoms with Gasteiger partial charge in [0.05, 0.1) is 11.8 Å². The zero-order valence-corrected chi connectivity index (χ0v) is 19.9. The summed E-state index contributed by atoms with van der Waals surface area (Å²) in [5.41, 5.74) is 1.30. The first-order valence-corrected chi connectivity index (χ1v) is 13.7. The highest BCUT2D eigenvalue weighted by atomic mass is 79.9. The van der Waals surface area contributed by atoms with Crippen LogP contribution < -0.4 is 5.19 Å². The van der Waals surface area contributed by atoms with Gasteiger partial charge in [-0.25, -0.2) is 4.39 Å². The van der Waals surface area contributed by atoms with Gasteiger partial charge in [0, 0.05) is 9.40 Å². The van der Waals surface area contributed by atoms with Gasteiger partial charge in [0.15, 0.2) is 8.07 Å². The van der Waals surface area contributed by atoms with Crippen LogP contribution in [0.4, 0.5) is 4.39 Å². The summed E-state index contributed by atoms with van der Waals surface area (Å²) >= 11 is 3.39. The molecule has 0 aliphatic rings. The summed E-state index contributed by atoms with van der Waals surface area (Å²) < 4.78 is 14.5. The number of nitrogens with zero attached hydrogens (tertiary/aromatic N) is 1. The van der Waals surface area contributed by atoms with Crippen molar-refractivity contribution < 1.29 is 14.1 Å². The molecule has 160 valence electrons. The lowest BCUT2D eigenvalue weighted by molar-refractivity contribution is -0.483. The van der Waals surface area contributed by atoms with Crippen molar-refractivity contribution in [3.05, 3.63) is 110 Å². The lowest BCUT2D eigenvalue weighted by Gasteiger charge is -2.31. The smallest absolute Gasteiger partial charge is 0.211 e. The summed E-state index contributed by atoms with van der Waals surface area (Å²) in [6.45, 7) is 3.53. The molecule has 0 heterocycles. The van der Waals surface area contributed by atoms with Crippen molar-refractivity contribution >= 4 is 34.6 Å². The summed E-state index contributed by atoms with van der Waals surface area (Å²) in [5, 5.41) is 12.6. The summed E-state index contributed by atoms with van der Waals surface area (Å²) in [4.78, 5) is 25.3. The van der Waals surface area contributed by atoms with Gasteiger partial charge < -0.3 is 4.79 Å². The molecule has 0 N–H and O–H groups in total. The Bertz CT molecular complexity index is 1060. The molecule has 0 saturated carbocycles. The number of carbonyl (C=O) groups is 1. The van der Waals surface area contributed by atoms with Crippen LogP contribution in [0.2, 0.25) is 13.1 Å². The van der Waals surface area contributed by atoms with E-state index in [0.717, 1.165) is 9.66 Å². The van der Waals surface area contributed by atoms with Crippen LogP contribution in [0.5, 0.6) is 0 Å². The van der Waals surface area contributed by atoms with Gasteiger partial charge in [-0.15, -0.1) is 0 Å². The van der Waals surface area contributed by atoms with E-state index in [1.165, 1.54) is 12.1 Å². The number of rotatable bonds is 8. The molecule has 3 rings (SSSR count). The molecule has 0 fully saturated rings. The number of nitro groups is 1. The molecular weight excluding hydrogens is 477 g/mol. The van der Waals surface area contributed by atoms with Gasteiger partial charge in [0.2, 0.25) is 6.54 Å². The standard InChI is InChI=1S/C24H23BrFNO3Si/c1-31(2,21-6-4-3-5-7-21)24(28)23(18-10-14-20(26)15-11-18)22(16-27(29)30)17-8-12-19(25)13-9-17/h3-15,22-23H,16H2,1-2H3/t22-,23+/m0/s1. The predicted octanol–water partition coefficient (Wildman–Crippen LogP) is 5.46. The van der Waals surface area contributed by atoms with E-state index in [1.54, 1.807) is 24.3 Å². The van der Waals surface area contributed by atoms with Crippen LogP contribution in [0.1, 0.15) is 23.0 Å². The highest BCUT2D eigenvalue weighted by Crippen LogP contribution is 2.37. The van der Waals surface area contributed by atoms with Gasteiger partial charge in [-0.2, -0.15) is 0 Å². The summed E-state index contributed by atoms with van der Waals surface area (Å²) in [5.74, 6) is -1.84. The van der Waals surface area contributed by atoms with Crippen LogP contribution in [0.25, 0.3) is 0 Å². The molecule has 0 bridgehead atoms. The predicted molar refractivity (Wildman–Crippen MR) is 126 cm³/mol. The minimum Gasteiger partial charge on any atom is -0.304 e. The molecule has 0 aliphatic heterocycles. The van der Waals surface area contributed by atoms with Crippen LogP contribution in [-0.4, -0.2) is 24.9 Å². The third-order valence-corrected chi connectivity index (χ3v) is 9.52. The molecule has 0 aromatic heterocycles. The first-order chi connectivity index (χ1) is 14.7. The van der Waals surface area contributed by atoms with E-state index in [9.17, 15) is 19.3 Å². The second-order valence-electron chi connectivity index (χ2n) is 8.06. The fourth-order valence-corrected chi connectivity index (χ4v) is 6.62. The largest absolute Gasteiger partial charge is 0.304 e. The fraction of sp³-hybridized carbons (Fsp3) is 0.208. The molecule has 3 aromatic rings. The average molecular weight is 500 g/mol. The molecule has 3 aromatic carbocycles. The second-order valence-corrected chi connectivity index (χ2v) is 13.3. The lowest BCUT2D eigenvalue weighted by Crippen LogP contribution is -2.53. The number of hydrogen-bond acceptors (Lipinski definition) is 3. The van der Waals surface area contributed by atoms with Gasteiger partial charge in [-0.05, 0) is 35.4 Å². The first kappa shape index (κ1) is 23.0. The Morgan fingerprint density at radius 1 is 0.968 bits per heavy atom. The van der Waals surface area contributed by atoms with E-state index in [0.29, 0.717) is 11.1 Å². The Morgan fingerprint density at radius 2 is 1.52 bits per heavy atom. The molecule has 0 radical (unpaired) electrons.